The zero-order valence-electron chi connectivity index (χ0n) is 12.0. The fourth-order valence-corrected chi connectivity index (χ4v) is 2.55. The highest BCUT2D eigenvalue weighted by Crippen LogP contribution is 2.30. The van der Waals surface area contributed by atoms with Crippen molar-refractivity contribution in [3.8, 4) is 0 Å². The third-order valence-corrected chi connectivity index (χ3v) is 4.14. The molecule has 1 aromatic heterocycles. The molecule has 0 spiro atoms. The lowest BCUT2D eigenvalue weighted by atomic mass is 9.80. The van der Waals surface area contributed by atoms with Crippen molar-refractivity contribution in [2.24, 2.45) is 5.41 Å². The van der Waals surface area contributed by atoms with Crippen LogP contribution in [0.15, 0.2) is 6.07 Å². The molecular formula is C14H23ClN4. The molecule has 0 radical (unpaired) electrons. The van der Waals surface area contributed by atoms with Gasteiger partial charge in [-0.25, -0.2) is 9.97 Å². The topological polar surface area (TPSA) is 41.1 Å². The Kier molecular flexibility index (Phi) is 4.63. The Hall–Kier alpha value is -0.870. The van der Waals surface area contributed by atoms with E-state index in [1.54, 1.807) is 6.07 Å². The van der Waals surface area contributed by atoms with Gasteiger partial charge in [-0.2, -0.15) is 0 Å². The van der Waals surface area contributed by atoms with Crippen LogP contribution in [-0.2, 0) is 6.42 Å². The van der Waals surface area contributed by atoms with Gasteiger partial charge in [0.15, 0.2) is 0 Å². The summed E-state index contributed by atoms with van der Waals surface area (Å²) in [6.45, 7) is 7.66. The van der Waals surface area contributed by atoms with Crippen LogP contribution >= 0.6 is 11.6 Å². The maximum absolute atomic E-state index is 6.01. The normalized spacial score (nSPS) is 19.4. The van der Waals surface area contributed by atoms with Crippen LogP contribution in [0.5, 0.6) is 0 Å². The first kappa shape index (κ1) is 14.5. The van der Waals surface area contributed by atoms with Crippen molar-refractivity contribution in [3.63, 3.8) is 0 Å². The molecule has 1 saturated heterocycles. The average Bonchev–Trinajstić information content (AvgIpc) is 2.40. The van der Waals surface area contributed by atoms with E-state index in [4.69, 9.17) is 11.6 Å². The molecule has 0 bridgehead atoms. The number of nitrogens with one attached hydrogen (secondary N) is 1. The quantitative estimate of drug-likeness (QED) is 0.862. The van der Waals surface area contributed by atoms with Crippen molar-refractivity contribution < 1.29 is 0 Å². The number of nitrogens with zero attached hydrogens (tertiary/aromatic N) is 3. The van der Waals surface area contributed by atoms with Crippen LogP contribution in [0.25, 0.3) is 0 Å². The second-order valence-electron chi connectivity index (χ2n) is 5.81. The van der Waals surface area contributed by atoms with E-state index in [-0.39, 0.29) is 0 Å². The maximum atomic E-state index is 6.01. The maximum Gasteiger partial charge on any atom is 0.134 e. The summed E-state index contributed by atoms with van der Waals surface area (Å²) in [5.74, 6) is 1.64. The number of likely N-dealkylation sites (tertiary alicyclic amines) is 1. The lowest BCUT2D eigenvalue weighted by Gasteiger charge is -2.38. The van der Waals surface area contributed by atoms with Crippen LogP contribution in [-0.4, -0.2) is 41.5 Å². The number of halogens is 1. The first-order valence-corrected chi connectivity index (χ1v) is 7.34. The molecule has 2 heterocycles. The number of hydrogen-bond donors (Lipinski definition) is 1. The summed E-state index contributed by atoms with van der Waals surface area (Å²) in [6, 6.07) is 1.80. The zero-order chi connectivity index (χ0) is 13.9. The smallest absolute Gasteiger partial charge is 0.134 e. The van der Waals surface area contributed by atoms with Gasteiger partial charge in [-0.15, -0.1) is 0 Å². The summed E-state index contributed by atoms with van der Waals surface area (Å²) in [4.78, 5) is 11.0. The summed E-state index contributed by atoms with van der Waals surface area (Å²) < 4.78 is 0. The molecule has 0 amide bonds. The lowest BCUT2D eigenvalue weighted by molar-refractivity contribution is 0.150. The fraction of sp³-hybridized carbons (Fsp3) is 0.714. The summed E-state index contributed by atoms with van der Waals surface area (Å²) in [7, 11) is 2.19. The molecule has 1 N–H and O–H groups in total. The number of hydrogen-bond acceptors (Lipinski definition) is 4. The predicted octanol–water partition coefficient (Wildman–Crippen LogP) is 2.84. The lowest BCUT2D eigenvalue weighted by Crippen LogP contribution is -2.40. The molecule has 0 unspecified atom stereocenters. The van der Waals surface area contributed by atoms with Crippen LogP contribution in [0.4, 0.5) is 5.82 Å². The fourth-order valence-electron chi connectivity index (χ4n) is 2.35. The molecule has 1 aliphatic rings. The van der Waals surface area contributed by atoms with E-state index in [0.29, 0.717) is 10.6 Å². The highest BCUT2D eigenvalue weighted by Gasteiger charge is 2.28. The third-order valence-electron chi connectivity index (χ3n) is 3.95. The van der Waals surface area contributed by atoms with Crippen molar-refractivity contribution in [1.29, 1.82) is 0 Å². The van der Waals surface area contributed by atoms with Crippen LogP contribution in [0.3, 0.4) is 0 Å². The molecule has 0 atom stereocenters. The Morgan fingerprint density at radius 1 is 1.37 bits per heavy atom. The Bertz CT molecular complexity index is 427. The van der Waals surface area contributed by atoms with E-state index in [0.717, 1.165) is 24.6 Å². The second-order valence-corrected chi connectivity index (χ2v) is 6.20. The molecule has 1 fully saturated rings. The summed E-state index contributed by atoms with van der Waals surface area (Å²) in [6.07, 6.45) is 3.24. The summed E-state index contributed by atoms with van der Waals surface area (Å²) in [5, 5.41) is 3.95. The largest absolute Gasteiger partial charge is 0.369 e. The molecule has 0 saturated carbocycles. The highest BCUT2D eigenvalue weighted by molar-refractivity contribution is 6.29. The van der Waals surface area contributed by atoms with Crippen molar-refractivity contribution in [2.45, 2.75) is 33.1 Å². The van der Waals surface area contributed by atoms with E-state index in [2.05, 4.69) is 34.2 Å². The molecular weight excluding hydrogens is 260 g/mol. The highest BCUT2D eigenvalue weighted by atomic mass is 35.5. The van der Waals surface area contributed by atoms with E-state index < -0.39 is 0 Å². The van der Waals surface area contributed by atoms with E-state index >= 15 is 0 Å². The van der Waals surface area contributed by atoms with Gasteiger partial charge in [0.1, 0.15) is 16.8 Å². The van der Waals surface area contributed by atoms with E-state index in [1.807, 2.05) is 6.92 Å². The van der Waals surface area contributed by atoms with Crippen LogP contribution in [0, 0.1) is 5.41 Å². The van der Waals surface area contributed by atoms with E-state index in [1.165, 1.54) is 25.9 Å². The Morgan fingerprint density at radius 3 is 2.68 bits per heavy atom. The van der Waals surface area contributed by atoms with Gasteiger partial charge in [0.25, 0.3) is 0 Å². The molecule has 106 valence electrons. The molecule has 4 nitrogen and oxygen atoms in total. The number of aromatic nitrogens is 2. The summed E-state index contributed by atoms with van der Waals surface area (Å²) >= 11 is 6.01. The molecule has 2 rings (SSSR count). The number of piperidine rings is 1. The van der Waals surface area contributed by atoms with Crippen LogP contribution in [0.2, 0.25) is 5.15 Å². The molecule has 1 aliphatic heterocycles. The SMILES string of the molecule is CCc1nc(Cl)cc(NCC2(C)CCN(C)CC2)n1. The minimum absolute atomic E-state index is 0.344. The first-order valence-electron chi connectivity index (χ1n) is 6.97. The van der Waals surface area contributed by atoms with Gasteiger partial charge in [-0.05, 0) is 38.4 Å². The Balaban J connectivity index is 1.96. The standard InChI is InChI=1S/C14H23ClN4/c1-4-12-17-11(15)9-13(18-12)16-10-14(2)5-7-19(3)8-6-14/h9H,4-8,10H2,1-3H3,(H,16,17,18). The van der Waals surface area contributed by atoms with Crippen molar-refractivity contribution >= 4 is 17.4 Å². The molecule has 19 heavy (non-hydrogen) atoms. The number of anilines is 1. The van der Waals surface area contributed by atoms with Gasteiger partial charge in [-0.1, -0.05) is 25.4 Å². The van der Waals surface area contributed by atoms with Gasteiger partial charge in [0.2, 0.25) is 0 Å². The van der Waals surface area contributed by atoms with Crippen LogP contribution < -0.4 is 5.32 Å². The average molecular weight is 283 g/mol. The molecule has 5 heteroatoms. The van der Waals surface area contributed by atoms with Gasteiger partial charge < -0.3 is 10.2 Å². The minimum atomic E-state index is 0.344. The molecule has 0 aliphatic carbocycles. The monoisotopic (exact) mass is 282 g/mol. The van der Waals surface area contributed by atoms with Gasteiger partial charge >= 0.3 is 0 Å². The summed E-state index contributed by atoms with van der Waals surface area (Å²) in [5.41, 5.74) is 0.344. The number of rotatable bonds is 4. The van der Waals surface area contributed by atoms with Crippen molar-refractivity contribution in [2.75, 3.05) is 32.0 Å². The second kappa shape index (κ2) is 6.06. The molecule has 1 aromatic rings. The Labute approximate surface area is 120 Å². The van der Waals surface area contributed by atoms with Gasteiger partial charge in [-0.3, -0.25) is 0 Å². The predicted molar refractivity (Wildman–Crippen MR) is 79.7 cm³/mol. The van der Waals surface area contributed by atoms with Crippen molar-refractivity contribution in [3.05, 3.63) is 17.0 Å². The minimum Gasteiger partial charge on any atom is -0.369 e. The van der Waals surface area contributed by atoms with Crippen LogP contribution in [0.1, 0.15) is 32.5 Å². The number of aryl methyl sites for hydroxylation is 1. The van der Waals surface area contributed by atoms with Crippen molar-refractivity contribution in [1.82, 2.24) is 14.9 Å². The molecule has 0 aromatic carbocycles. The third kappa shape index (κ3) is 4.05. The first-order chi connectivity index (χ1) is 9.00. The van der Waals surface area contributed by atoms with E-state index in [9.17, 15) is 0 Å². The Morgan fingerprint density at radius 2 is 2.05 bits per heavy atom. The zero-order valence-corrected chi connectivity index (χ0v) is 12.8. The van der Waals surface area contributed by atoms with Gasteiger partial charge in [0, 0.05) is 19.0 Å². The van der Waals surface area contributed by atoms with Gasteiger partial charge in [0.05, 0.1) is 0 Å².